The van der Waals surface area contributed by atoms with Crippen LogP contribution in [-0.2, 0) is 11.8 Å². The third-order valence-corrected chi connectivity index (χ3v) is 5.48. The van der Waals surface area contributed by atoms with Gasteiger partial charge in [0.25, 0.3) is 5.91 Å². The van der Waals surface area contributed by atoms with Crippen LogP contribution in [0.15, 0.2) is 73.3 Å². The third kappa shape index (κ3) is 3.03. The molecule has 0 saturated carbocycles. The summed E-state index contributed by atoms with van der Waals surface area (Å²) in [7, 11) is 1.61. The van der Waals surface area contributed by atoms with Crippen LogP contribution in [0.4, 0.5) is 0 Å². The van der Waals surface area contributed by atoms with Crippen LogP contribution >= 0.6 is 0 Å². The smallest absolute Gasteiger partial charge is 0.357 e. The fourth-order valence-electron chi connectivity index (χ4n) is 3.97. The van der Waals surface area contributed by atoms with E-state index in [2.05, 4.69) is 11.7 Å². The van der Waals surface area contributed by atoms with Crippen LogP contribution in [0, 0.1) is 0 Å². The highest BCUT2D eigenvalue weighted by atomic mass is 16.5. The molecule has 1 atom stereocenters. The Morgan fingerprint density at radius 1 is 1.13 bits per heavy atom. The topological polar surface area (TPSA) is 81.4 Å². The number of carboxylic acid groups (broad SMARTS) is 1. The van der Waals surface area contributed by atoms with Gasteiger partial charge in [0, 0.05) is 17.4 Å². The van der Waals surface area contributed by atoms with Gasteiger partial charge in [0.2, 0.25) is 0 Å². The Hall–Kier alpha value is -3.93. The summed E-state index contributed by atoms with van der Waals surface area (Å²) in [6.07, 6.45) is 5.24. The maximum Gasteiger partial charge on any atom is 0.357 e. The zero-order valence-electron chi connectivity index (χ0n) is 16.4. The molecule has 3 aromatic rings. The minimum Gasteiger partial charge on any atom is -0.497 e. The monoisotopic (exact) mass is 400 g/mol. The second kappa shape index (κ2) is 7.48. The first-order valence-corrected chi connectivity index (χ1v) is 9.41. The largest absolute Gasteiger partial charge is 0.497 e. The van der Waals surface area contributed by atoms with E-state index in [9.17, 15) is 14.7 Å². The van der Waals surface area contributed by atoms with Crippen LogP contribution in [0.2, 0.25) is 0 Å². The molecule has 4 rings (SSSR count). The van der Waals surface area contributed by atoms with E-state index in [0.717, 1.165) is 27.6 Å². The van der Waals surface area contributed by atoms with Gasteiger partial charge in [-0.25, -0.2) is 4.79 Å². The third-order valence-electron chi connectivity index (χ3n) is 5.48. The molecule has 6 heteroatoms. The summed E-state index contributed by atoms with van der Waals surface area (Å²) in [6.45, 7) is 3.52. The van der Waals surface area contributed by atoms with E-state index in [1.54, 1.807) is 13.2 Å². The summed E-state index contributed by atoms with van der Waals surface area (Å²) < 4.78 is 6.44. The summed E-state index contributed by atoms with van der Waals surface area (Å²) in [4.78, 5) is 24.1. The molecule has 2 aromatic carbocycles. The molecule has 0 amide bonds. The van der Waals surface area contributed by atoms with Gasteiger partial charge in [0.15, 0.2) is 5.69 Å². The normalized spacial score (nSPS) is 17.2. The first-order chi connectivity index (χ1) is 14.5. The summed E-state index contributed by atoms with van der Waals surface area (Å²) in [5, 5.41) is 13.6. The molecule has 0 aliphatic heterocycles. The van der Waals surface area contributed by atoms with Crippen molar-refractivity contribution in [1.29, 1.82) is 0 Å². The molecular formula is C24H20N2O4. The lowest BCUT2D eigenvalue weighted by atomic mass is 9.68. The van der Waals surface area contributed by atoms with E-state index in [1.165, 1.54) is 0 Å². The lowest BCUT2D eigenvalue weighted by molar-refractivity contribution is 0.0689. The Bertz CT molecular complexity index is 1160. The quantitative estimate of drug-likeness (QED) is 0.656. The maximum absolute atomic E-state index is 12.4. The van der Waals surface area contributed by atoms with E-state index in [0.29, 0.717) is 17.7 Å². The number of fused-ring (bicyclic) bond motifs is 1. The van der Waals surface area contributed by atoms with Crippen molar-refractivity contribution in [2.24, 2.45) is 0 Å². The maximum atomic E-state index is 12.4. The first kappa shape index (κ1) is 19.4. The van der Waals surface area contributed by atoms with Crippen molar-refractivity contribution in [2.45, 2.75) is 11.8 Å². The van der Waals surface area contributed by atoms with E-state index >= 15 is 0 Å². The number of hydrogen-bond acceptors (Lipinski definition) is 4. The van der Waals surface area contributed by atoms with Crippen molar-refractivity contribution in [3.63, 3.8) is 0 Å². The van der Waals surface area contributed by atoms with Gasteiger partial charge in [-0.05, 0) is 29.3 Å². The minimum atomic E-state index is -1.18. The Morgan fingerprint density at radius 3 is 2.40 bits per heavy atom. The highest BCUT2D eigenvalue weighted by Crippen LogP contribution is 2.42. The second-order valence-corrected chi connectivity index (χ2v) is 7.04. The van der Waals surface area contributed by atoms with Crippen molar-refractivity contribution in [2.75, 3.05) is 7.11 Å². The minimum absolute atomic E-state index is 0.146. The van der Waals surface area contributed by atoms with Crippen molar-refractivity contribution in [1.82, 2.24) is 9.78 Å². The van der Waals surface area contributed by atoms with Crippen LogP contribution in [0.25, 0.3) is 6.08 Å². The molecule has 1 aromatic heterocycles. The van der Waals surface area contributed by atoms with Gasteiger partial charge in [0.1, 0.15) is 5.75 Å². The van der Waals surface area contributed by atoms with E-state index < -0.39 is 17.3 Å². The molecule has 1 unspecified atom stereocenters. The SMILES string of the molecule is C=CC(=O)n1nc(C(=O)O)c2c1CC(c1ccccc1)(c1ccc(OC)cc1)C=C2. The number of rotatable bonds is 5. The molecule has 0 saturated heterocycles. The molecule has 1 aliphatic carbocycles. The molecule has 30 heavy (non-hydrogen) atoms. The number of aromatic carboxylic acids is 1. The molecule has 150 valence electrons. The van der Waals surface area contributed by atoms with Gasteiger partial charge >= 0.3 is 5.97 Å². The highest BCUT2D eigenvalue weighted by molar-refractivity contribution is 5.95. The Balaban J connectivity index is 1.95. The number of benzene rings is 2. The molecule has 6 nitrogen and oxygen atoms in total. The lowest BCUT2D eigenvalue weighted by Gasteiger charge is -2.35. The first-order valence-electron chi connectivity index (χ1n) is 9.41. The zero-order valence-corrected chi connectivity index (χ0v) is 16.4. The Kier molecular flexibility index (Phi) is 4.83. The average Bonchev–Trinajstić information content (AvgIpc) is 3.18. The van der Waals surface area contributed by atoms with Gasteiger partial charge < -0.3 is 9.84 Å². The van der Waals surface area contributed by atoms with Crippen LogP contribution in [0.3, 0.4) is 0 Å². The highest BCUT2D eigenvalue weighted by Gasteiger charge is 2.39. The fraction of sp³-hybridized carbons (Fsp3) is 0.125. The molecule has 0 spiro atoms. The van der Waals surface area contributed by atoms with Crippen LogP contribution in [0.5, 0.6) is 5.75 Å². The van der Waals surface area contributed by atoms with Gasteiger partial charge in [-0.2, -0.15) is 9.78 Å². The number of carbonyl (C=O) groups is 2. The zero-order chi connectivity index (χ0) is 21.3. The number of ether oxygens (including phenoxy) is 1. The molecule has 1 N–H and O–H groups in total. The summed E-state index contributed by atoms with van der Waals surface area (Å²) in [6, 6.07) is 17.6. The van der Waals surface area contributed by atoms with Crippen LogP contribution in [0.1, 0.15) is 37.7 Å². The van der Waals surface area contributed by atoms with Crippen molar-refractivity contribution in [3.05, 3.63) is 101 Å². The lowest BCUT2D eigenvalue weighted by Crippen LogP contribution is -2.32. The molecule has 0 bridgehead atoms. The average molecular weight is 400 g/mol. The summed E-state index contributed by atoms with van der Waals surface area (Å²) >= 11 is 0. The number of hydrogen-bond donors (Lipinski definition) is 1. The van der Waals surface area contributed by atoms with Gasteiger partial charge in [-0.1, -0.05) is 61.2 Å². The van der Waals surface area contributed by atoms with Crippen molar-refractivity contribution >= 4 is 18.0 Å². The van der Waals surface area contributed by atoms with Gasteiger partial charge in [-0.3, -0.25) is 4.79 Å². The van der Waals surface area contributed by atoms with E-state index in [1.807, 2.05) is 60.7 Å². The molecule has 0 radical (unpaired) electrons. The second-order valence-electron chi connectivity index (χ2n) is 7.04. The van der Waals surface area contributed by atoms with Gasteiger partial charge in [-0.15, -0.1) is 0 Å². The van der Waals surface area contributed by atoms with Crippen LogP contribution in [-0.4, -0.2) is 33.9 Å². The van der Waals surface area contributed by atoms with E-state index in [4.69, 9.17) is 4.74 Å². The Labute approximate surface area is 173 Å². The molecule has 1 aliphatic rings. The van der Waals surface area contributed by atoms with Crippen molar-refractivity contribution in [3.8, 4) is 5.75 Å². The Morgan fingerprint density at radius 2 is 1.80 bits per heavy atom. The summed E-state index contributed by atoms with van der Waals surface area (Å²) in [5.74, 6) is -0.906. The van der Waals surface area contributed by atoms with E-state index in [-0.39, 0.29) is 5.69 Å². The fourth-order valence-corrected chi connectivity index (χ4v) is 3.97. The number of carbonyl (C=O) groups excluding carboxylic acids is 1. The predicted molar refractivity (Wildman–Crippen MR) is 113 cm³/mol. The van der Waals surface area contributed by atoms with Crippen LogP contribution < -0.4 is 4.74 Å². The number of methoxy groups -OCH3 is 1. The van der Waals surface area contributed by atoms with Gasteiger partial charge in [0.05, 0.1) is 12.8 Å². The number of nitrogens with zero attached hydrogens (tertiary/aromatic N) is 2. The van der Waals surface area contributed by atoms with Crippen molar-refractivity contribution < 1.29 is 19.4 Å². The summed E-state index contributed by atoms with van der Waals surface area (Å²) in [5.41, 5.74) is 2.25. The molecular weight excluding hydrogens is 380 g/mol. The standard InChI is InChI=1S/C24H20N2O4/c1-3-21(27)26-20-15-24(16-7-5-4-6-8-16,17-9-11-18(30-2)12-10-17)14-13-19(20)22(25-26)23(28)29/h3-14H,1,15H2,2H3,(H,28,29). The number of allylic oxidation sites excluding steroid dienone is 2. The number of carboxylic acids is 1. The molecule has 0 fully saturated rings. The molecule has 1 heterocycles. The number of aromatic nitrogens is 2. The predicted octanol–water partition coefficient (Wildman–Crippen LogP) is 3.97.